The van der Waals surface area contributed by atoms with Gasteiger partial charge in [0, 0.05) is 43.0 Å². The van der Waals surface area contributed by atoms with E-state index in [0.29, 0.717) is 11.6 Å². The number of aryl methyl sites for hydroxylation is 1. The number of aromatic nitrogens is 4. The summed E-state index contributed by atoms with van der Waals surface area (Å²) >= 11 is 0. The maximum Gasteiger partial charge on any atom is 0.254 e. The second-order valence-electron chi connectivity index (χ2n) is 8.01. The molecule has 0 unspecified atom stereocenters. The summed E-state index contributed by atoms with van der Waals surface area (Å²) in [4.78, 5) is 14.3. The van der Waals surface area contributed by atoms with Crippen LogP contribution in [0, 0.1) is 6.92 Å². The van der Waals surface area contributed by atoms with Gasteiger partial charge >= 0.3 is 0 Å². The highest BCUT2D eigenvalue weighted by Gasteiger charge is 2.25. The van der Waals surface area contributed by atoms with E-state index in [-0.39, 0.29) is 0 Å². The highest BCUT2D eigenvalue weighted by atomic mass is 16.5. The highest BCUT2D eigenvalue weighted by Crippen LogP contribution is 2.31. The summed E-state index contributed by atoms with van der Waals surface area (Å²) < 4.78 is 7.52. The lowest BCUT2D eigenvalue weighted by atomic mass is 10.1. The summed E-state index contributed by atoms with van der Waals surface area (Å²) in [7, 11) is 1.73. The Bertz CT molecular complexity index is 1230. The monoisotopic (exact) mass is 428 g/mol. The van der Waals surface area contributed by atoms with Gasteiger partial charge in [-0.1, -0.05) is 49.4 Å². The molecule has 0 atom stereocenters. The Morgan fingerprint density at radius 1 is 0.875 bits per heavy atom. The Morgan fingerprint density at radius 2 is 1.56 bits per heavy atom. The molecule has 1 saturated heterocycles. The molecule has 3 heterocycles. The van der Waals surface area contributed by atoms with Crippen LogP contribution in [-0.2, 0) is 6.42 Å². The van der Waals surface area contributed by atoms with Crippen molar-refractivity contribution in [2.24, 2.45) is 0 Å². The first kappa shape index (κ1) is 20.3. The summed E-state index contributed by atoms with van der Waals surface area (Å²) in [5.74, 6) is 3.39. The number of rotatable bonds is 5. The van der Waals surface area contributed by atoms with Crippen molar-refractivity contribution in [2.75, 3.05) is 43.1 Å². The summed E-state index contributed by atoms with van der Waals surface area (Å²) in [5, 5.41) is 4.88. The van der Waals surface area contributed by atoms with Crippen LogP contribution in [0.15, 0.2) is 54.6 Å². The van der Waals surface area contributed by atoms with Crippen molar-refractivity contribution in [3.63, 3.8) is 0 Å². The molecule has 0 aliphatic carbocycles. The van der Waals surface area contributed by atoms with Gasteiger partial charge in [-0.05, 0) is 25.5 Å². The molecule has 2 aromatic carbocycles. The number of ether oxygens (including phenoxy) is 1. The third-order valence-electron chi connectivity index (χ3n) is 6.16. The zero-order chi connectivity index (χ0) is 22.1. The Morgan fingerprint density at radius 3 is 2.28 bits per heavy atom. The van der Waals surface area contributed by atoms with Gasteiger partial charge in [-0.25, -0.2) is 4.98 Å². The minimum atomic E-state index is 0.653. The van der Waals surface area contributed by atoms with Crippen molar-refractivity contribution in [1.29, 1.82) is 0 Å². The molecule has 0 amide bonds. The molecule has 1 aliphatic heterocycles. The molecule has 7 nitrogen and oxygen atoms in total. The molecule has 7 heteroatoms. The van der Waals surface area contributed by atoms with Crippen molar-refractivity contribution >= 4 is 17.3 Å². The van der Waals surface area contributed by atoms with E-state index in [1.165, 1.54) is 5.56 Å². The normalized spacial score (nSPS) is 14.2. The summed E-state index contributed by atoms with van der Waals surface area (Å²) in [6, 6.07) is 18.3. The van der Waals surface area contributed by atoms with Gasteiger partial charge in [0.05, 0.1) is 12.8 Å². The Kier molecular flexibility index (Phi) is 5.39. The number of anilines is 2. The van der Waals surface area contributed by atoms with Crippen LogP contribution in [0.1, 0.15) is 18.2 Å². The zero-order valence-corrected chi connectivity index (χ0v) is 18.8. The number of nitrogens with zero attached hydrogens (tertiary/aromatic N) is 6. The van der Waals surface area contributed by atoms with Gasteiger partial charge in [0.25, 0.3) is 5.78 Å². The fourth-order valence-corrected chi connectivity index (χ4v) is 4.52. The van der Waals surface area contributed by atoms with E-state index in [2.05, 4.69) is 35.8 Å². The van der Waals surface area contributed by atoms with E-state index in [1.807, 2.05) is 47.0 Å². The van der Waals surface area contributed by atoms with Crippen LogP contribution in [0.3, 0.4) is 0 Å². The first-order valence-electron chi connectivity index (χ1n) is 11.1. The number of methoxy groups -OCH3 is 1. The van der Waals surface area contributed by atoms with Gasteiger partial charge in [-0.3, -0.25) is 0 Å². The molecule has 0 bridgehead atoms. The number of piperazine rings is 1. The number of benzene rings is 2. The Balaban J connectivity index is 1.50. The highest BCUT2D eigenvalue weighted by molar-refractivity contribution is 5.63. The molecule has 0 saturated carbocycles. The van der Waals surface area contributed by atoms with Crippen LogP contribution in [0.4, 0.5) is 11.5 Å². The predicted molar refractivity (Wildman–Crippen MR) is 128 cm³/mol. The number of fused-ring (bicyclic) bond motifs is 1. The van der Waals surface area contributed by atoms with Crippen molar-refractivity contribution in [1.82, 2.24) is 19.6 Å². The average molecular weight is 429 g/mol. The quantitative estimate of drug-likeness (QED) is 0.479. The third kappa shape index (κ3) is 3.53. The Hall–Kier alpha value is -3.61. The standard InChI is InChI=1S/C25H28N6O/c1-4-20-18(2)26-25-27-23(19-10-6-5-7-11-19)28-31(25)24(20)30-16-14-29(15-17-30)21-12-8-9-13-22(21)32-3/h5-13H,4,14-17H2,1-3H3. The lowest BCUT2D eigenvalue weighted by Crippen LogP contribution is -2.47. The summed E-state index contributed by atoms with van der Waals surface area (Å²) in [5.41, 5.74) is 4.40. The molecule has 5 rings (SSSR count). The summed E-state index contributed by atoms with van der Waals surface area (Å²) in [6.07, 6.45) is 0.900. The molecule has 0 N–H and O–H groups in total. The number of hydrogen-bond acceptors (Lipinski definition) is 6. The van der Waals surface area contributed by atoms with Gasteiger partial charge in [-0.15, -0.1) is 5.10 Å². The Labute approximate surface area is 188 Å². The molecular formula is C25H28N6O. The fraction of sp³-hybridized carbons (Fsp3) is 0.320. The molecule has 0 radical (unpaired) electrons. The number of hydrogen-bond donors (Lipinski definition) is 0. The van der Waals surface area contributed by atoms with Gasteiger partial charge < -0.3 is 14.5 Å². The zero-order valence-electron chi connectivity index (χ0n) is 18.8. The molecule has 164 valence electrons. The molecule has 1 aliphatic rings. The fourth-order valence-electron chi connectivity index (χ4n) is 4.52. The van der Waals surface area contributed by atoms with Gasteiger partial charge in [0.1, 0.15) is 11.6 Å². The second-order valence-corrected chi connectivity index (χ2v) is 8.01. The maximum absolute atomic E-state index is 5.58. The minimum Gasteiger partial charge on any atom is -0.495 e. The van der Waals surface area contributed by atoms with E-state index in [4.69, 9.17) is 19.8 Å². The lowest BCUT2D eigenvalue weighted by molar-refractivity contribution is 0.413. The van der Waals surface area contributed by atoms with E-state index in [0.717, 1.165) is 61.1 Å². The lowest BCUT2D eigenvalue weighted by Gasteiger charge is -2.38. The number of para-hydroxylation sites is 2. The van der Waals surface area contributed by atoms with Gasteiger partial charge in [0.15, 0.2) is 5.82 Å². The first-order valence-corrected chi connectivity index (χ1v) is 11.1. The van der Waals surface area contributed by atoms with Gasteiger partial charge in [0.2, 0.25) is 0 Å². The molecule has 2 aromatic heterocycles. The average Bonchev–Trinajstić information content (AvgIpc) is 3.27. The van der Waals surface area contributed by atoms with Crippen LogP contribution < -0.4 is 14.5 Å². The van der Waals surface area contributed by atoms with Crippen molar-refractivity contribution in [3.8, 4) is 17.1 Å². The molecular weight excluding hydrogens is 400 g/mol. The summed E-state index contributed by atoms with van der Waals surface area (Å²) in [6.45, 7) is 7.86. The van der Waals surface area contributed by atoms with E-state index in [1.54, 1.807) is 7.11 Å². The van der Waals surface area contributed by atoms with E-state index < -0.39 is 0 Å². The molecule has 1 fully saturated rings. The maximum atomic E-state index is 5.58. The van der Waals surface area contributed by atoms with Crippen LogP contribution in [0.25, 0.3) is 17.2 Å². The SMILES string of the molecule is CCc1c(C)nc2nc(-c3ccccc3)nn2c1N1CCN(c2ccccc2OC)CC1. The van der Waals surface area contributed by atoms with Crippen molar-refractivity contribution in [2.45, 2.75) is 20.3 Å². The van der Waals surface area contributed by atoms with Gasteiger partial charge in [-0.2, -0.15) is 9.50 Å². The van der Waals surface area contributed by atoms with Crippen molar-refractivity contribution < 1.29 is 4.74 Å². The van der Waals surface area contributed by atoms with Crippen LogP contribution in [-0.4, -0.2) is 52.9 Å². The topological polar surface area (TPSA) is 58.8 Å². The van der Waals surface area contributed by atoms with Crippen molar-refractivity contribution in [3.05, 3.63) is 65.9 Å². The molecule has 0 spiro atoms. The minimum absolute atomic E-state index is 0.653. The largest absolute Gasteiger partial charge is 0.495 e. The van der Waals surface area contributed by atoms with Crippen LogP contribution in [0.2, 0.25) is 0 Å². The van der Waals surface area contributed by atoms with E-state index in [9.17, 15) is 0 Å². The molecule has 4 aromatic rings. The van der Waals surface area contributed by atoms with Crippen LogP contribution in [0.5, 0.6) is 5.75 Å². The predicted octanol–water partition coefficient (Wildman–Crippen LogP) is 4.00. The smallest absolute Gasteiger partial charge is 0.254 e. The second kappa shape index (κ2) is 8.49. The third-order valence-corrected chi connectivity index (χ3v) is 6.16. The molecule has 32 heavy (non-hydrogen) atoms. The first-order chi connectivity index (χ1) is 15.7. The van der Waals surface area contributed by atoms with E-state index >= 15 is 0 Å². The van der Waals surface area contributed by atoms with Crippen LogP contribution >= 0.6 is 0 Å².